The highest BCUT2D eigenvalue weighted by Gasteiger charge is 2.15. The summed E-state index contributed by atoms with van der Waals surface area (Å²) >= 11 is 0. The summed E-state index contributed by atoms with van der Waals surface area (Å²) in [4.78, 5) is 19.3. The van der Waals surface area contributed by atoms with Gasteiger partial charge in [0, 0.05) is 24.2 Å². The summed E-state index contributed by atoms with van der Waals surface area (Å²) in [6.07, 6.45) is 4.94. The molecule has 0 spiro atoms. The molecule has 1 N–H and O–H groups in total. The summed E-state index contributed by atoms with van der Waals surface area (Å²) < 4.78 is 45.7. The van der Waals surface area contributed by atoms with E-state index in [1.807, 2.05) is 0 Å². The summed E-state index contributed by atoms with van der Waals surface area (Å²) in [5.41, 5.74) is 4.71. The number of halogens is 2. The van der Waals surface area contributed by atoms with E-state index in [-0.39, 0.29) is 18.0 Å². The molecule has 0 atom stereocenters. The van der Waals surface area contributed by atoms with Gasteiger partial charge in [-0.3, -0.25) is 9.78 Å². The highest BCUT2D eigenvalue weighted by atomic mass is 19.1. The van der Waals surface area contributed by atoms with Crippen LogP contribution < -0.4 is 19.6 Å². The summed E-state index contributed by atoms with van der Waals surface area (Å²) in [6, 6.07) is 15.4. The van der Waals surface area contributed by atoms with Crippen LogP contribution in [0, 0.1) is 11.6 Å². The van der Waals surface area contributed by atoms with Crippen LogP contribution >= 0.6 is 0 Å². The zero-order chi connectivity index (χ0) is 30.2. The van der Waals surface area contributed by atoms with Crippen molar-refractivity contribution in [2.75, 3.05) is 33.4 Å². The first-order valence-corrected chi connectivity index (χ1v) is 14.3. The first kappa shape index (κ1) is 29.9. The van der Waals surface area contributed by atoms with E-state index in [0.29, 0.717) is 51.6 Å². The van der Waals surface area contributed by atoms with Gasteiger partial charge < -0.3 is 19.1 Å². The molecule has 0 radical (unpaired) electrons. The van der Waals surface area contributed by atoms with Crippen molar-refractivity contribution in [3.05, 3.63) is 89.6 Å². The number of benzene rings is 3. The number of methoxy groups -OCH3 is 1. The van der Waals surface area contributed by atoms with Gasteiger partial charge in [0.1, 0.15) is 11.6 Å². The smallest absolute Gasteiger partial charge is 0.244 e. The largest absolute Gasteiger partial charge is 0.493 e. The number of amides is 1. The van der Waals surface area contributed by atoms with Gasteiger partial charge in [-0.25, -0.2) is 14.2 Å². The SMILES string of the molecule is COc1cc2c(Oc3ccc(CC(=O)N/N=C(/C)c4ccc(F)cc4)cc3F)ccnc2cc1OCCCN1CCCC1. The quantitative estimate of drug-likeness (QED) is 0.119. The molecule has 0 unspecified atom stereocenters. The maximum atomic E-state index is 15.1. The van der Waals surface area contributed by atoms with E-state index < -0.39 is 11.7 Å². The zero-order valence-electron chi connectivity index (χ0n) is 24.2. The number of aromatic nitrogens is 1. The van der Waals surface area contributed by atoms with Gasteiger partial charge in [-0.1, -0.05) is 18.2 Å². The van der Waals surface area contributed by atoms with Crippen LogP contribution in [0.15, 0.2) is 72.0 Å². The minimum absolute atomic E-state index is 0.00281. The minimum Gasteiger partial charge on any atom is -0.493 e. The number of rotatable bonds is 12. The van der Waals surface area contributed by atoms with Gasteiger partial charge in [-0.2, -0.15) is 5.10 Å². The molecule has 10 heteroatoms. The van der Waals surface area contributed by atoms with Gasteiger partial charge in [0.05, 0.1) is 31.4 Å². The van der Waals surface area contributed by atoms with Crippen molar-refractivity contribution < 1.29 is 27.8 Å². The Bertz CT molecular complexity index is 1610. The molecular weight excluding hydrogens is 554 g/mol. The van der Waals surface area contributed by atoms with Crippen LogP contribution in [0.25, 0.3) is 10.9 Å². The van der Waals surface area contributed by atoms with Gasteiger partial charge in [0.25, 0.3) is 0 Å². The zero-order valence-corrected chi connectivity index (χ0v) is 24.2. The molecule has 5 rings (SSSR count). The van der Waals surface area contributed by atoms with E-state index in [1.165, 1.54) is 37.1 Å². The number of ether oxygens (including phenoxy) is 3. The van der Waals surface area contributed by atoms with Crippen molar-refractivity contribution in [1.29, 1.82) is 0 Å². The van der Waals surface area contributed by atoms with E-state index in [9.17, 15) is 9.18 Å². The van der Waals surface area contributed by atoms with Crippen molar-refractivity contribution >= 4 is 22.5 Å². The summed E-state index contributed by atoms with van der Waals surface area (Å²) in [5, 5.41) is 4.69. The molecule has 1 fully saturated rings. The number of hydrogen-bond acceptors (Lipinski definition) is 7. The van der Waals surface area contributed by atoms with Crippen LogP contribution in [-0.4, -0.2) is 54.9 Å². The van der Waals surface area contributed by atoms with Gasteiger partial charge >= 0.3 is 0 Å². The number of nitrogens with one attached hydrogen (secondary N) is 1. The predicted octanol–water partition coefficient (Wildman–Crippen LogP) is 6.26. The normalized spacial score (nSPS) is 13.7. The molecule has 3 aromatic carbocycles. The van der Waals surface area contributed by atoms with Crippen LogP contribution in [0.4, 0.5) is 8.78 Å². The second kappa shape index (κ2) is 14.1. The van der Waals surface area contributed by atoms with Crippen LogP contribution in [0.3, 0.4) is 0 Å². The fourth-order valence-electron chi connectivity index (χ4n) is 4.95. The molecule has 0 aliphatic carbocycles. The Hall–Kier alpha value is -4.57. The third kappa shape index (κ3) is 7.84. The molecular formula is C33H34F2N4O4. The Morgan fingerprint density at radius 3 is 2.51 bits per heavy atom. The van der Waals surface area contributed by atoms with Crippen LogP contribution in [0.1, 0.15) is 37.3 Å². The molecule has 8 nitrogen and oxygen atoms in total. The van der Waals surface area contributed by atoms with Crippen LogP contribution in [0.5, 0.6) is 23.0 Å². The Morgan fingerprint density at radius 2 is 1.77 bits per heavy atom. The third-order valence-corrected chi connectivity index (χ3v) is 7.25. The van der Waals surface area contributed by atoms with Crippen LogP contribution in [0.2, 0.25) is 0 Å². The fourth-order valence-corrected chi connectivity index (χ4v) is 4.95. The van der Waals surface area contributed by atoms with E-state index in [4.69, 9.17) is 14.2 Å². The lowest BCUT2D eigenvalue weighted by molar-refractivity contribution is -0.120. The molecule has 4 aromatic rings. The summed E-state index contributed by atoms with van der Waals surface area (Å²) in [5.74, 6) is 0.131. The number of carbonyl (C=O) groups excluding carboxylic acids is 1. The molecule has 2 heterocycles. The maximum Gasteiger partial charge on any atom is 0.244 e. The molecule has 0 saturated carbocycles. The molecule has 0 bridgehead atoms. The molecule has 1 aliphatic rings. The standard InChI is InChI=1S/C33H34F2N4O4/c1-22(24-7-9-25(34)10-8-24)37-38-33(40)19-23-6-11-30(27(35)18-23)43-29-12-13-36-28-21-32(31(41-2)20-26(28)29)42-17-5-16-39-14-3-4-15-39/h6-13,18,20-21H,3-5,14-17,19H2,1-2H3,(H,38,40)/b37-22-. The first-order valence-electron chi connectivity index (χ1n) is 14.3. The number of hydrazone groups is 1. The number of hydrogen-bond donors (Lipinski definition) is 1. The summed E-state index contributed by atoms with van der Waals surface area (Å²) in [6.45, 7) is 5.57. The maximum absolute atomic E-state index is 15.1. The number of fused-ring (bicyclic) bond motifs is 1. The van der Waals surface area contributed by atoms with Crippen molar-refractivity contribution in [1.82, 2.24) is 15.3 Å². The van der Waals surface area contributed by atoms with Crippen molar-refractivity contribution in [3.8, 4) is 23.0 Å². The second-order valence-corrected chi connectivity index (χ2v) is 10.4. The average Bonchev–Trinajstić information content (AvgIpc) is 3.53. The van der Waals surface area contributed by atoms with E-state index in [1.54, 1.807) is 56.6 Å². The molecule has 1 aromatic heterocycles. The Balaban J connectivity index is 1.22. The van der Waals surface area contributed by atoms with Crippen LogP contribution in [-0.2, 0) is 11.2 Å². The number of carbonyl (C=O) groups is 1. The highest BCUT2D eigenvalue weighted by Crippen LogP contribution is 2.37. The first-order chi connectivity index (χ1) is 20.9. The topological polar surface area (TPSA) is 85.3 Å². The number of pyridine rings is 1. The molecule has 1 amide bonds. The fraction of sp³-hybridized carbons (Fsp3) is 0.303. The van der Waals surface area contributed by atoms with Crippen molar-refractivity contribution in [3.63, 3.8) is 0 Å². The predicted molar refractivity (Wildman–Crippen MR) is 161 cm³/mol. The molecule has 1 aliphatic heterocycles. The lowest BCUT2D eigenvalue weighted by Gasteiger charge is -2.16. The van der Waals surface area contributed by atoms with E-state index >= 15 is 4.39 Å². The average molecular weight is 589 g/mol. The van der Waals surface area contributed by atoms with Gasteiger partial charge in [0.15, 0.2) is 23.1 Å². The highest BCUT2D eigenvalue weighted by molar-refractivity contribution is 5.99. The lowest BCUT2D eigenvalue weighted by atomic mass is 10.1. The molecule has 1 saturated heterocycles. The number of nitrogens with zero attached hydrogens (tertiary/aromatic N) is 3. The van der Waals surface area contributed by atoms with Crippen molar-refractivity contribution in [2.24, 2.45) is 5.10 Å². The molecule has 224 valence electrons. The third-order valence-electron chi connectivity index (χ3n) is 7.25. The monoisotopic (exact) mass is 588 g/mol. The summed E-state index contributed by atoms with van der Waals surface area (Å²) in [7, 11) is 1.57. The van der Waals surface area contributed by atoms with Crippen molar-refractivity contribution in [2.45, 2.75) is 32.6 Å². The number of likely N-dealkylation sites (tertiary alicyclic amines) is 1. The van der Waals surface area contributed by atoms with E-state index in [0.717, 1.165) is 26.1 Å². The van der Waals surface area contributed by atoms with Gasteiger partial charge in [0.2, 0.25) is 5.91 Å². The minimum atomic E-state index is -0.619. The molecule has 43 heavy (non-hydrogen) atoms. The lowest BCUT2D eigenvalue weighted by Crippen LogP contribution is -2.21. The Kier molecular flexibility index (Phi) is 9.78. The second-order valence-electron chi connectivity index (χ2n) is 10.4. The Labute approximate surface area is 249 Å². The van der Waals surface area contributed by atoms with Gasteiger partial charge in [-0.05, 0) is 86.8 Å². The van der Waals surface area contributed by atoms with Gasteiger partial charge in [-0.15, -0.1) is 0 Å². The van der Waals surface area contributed by atoms with E-state index in [2.05, 4.69) is 20.4 Å². The Morgan fingerprint density at radius 1 is 0.977 bits per heavy atom.